The predicted molar refractivity (Wildman–Crippen MR) is 135 cm³/mol. The van der Waals surface area contributed by atoms with Gasteiger partial charge in [0.05, 0.1) is 52.2 Å². The van der Waals surface area contributed by atoms with Gasteiger partial charge < -0.3 is 38.8 Å². The zero-order valence-corrected chi connectivity index (χ0v) is 22.0. The molecule has 1 aromatic rings. The molecule has 5 atom stereocenters. The van der Waals surface area contributed by atoms with Crippen LogP contribution in [-0.2, 0) is 29.0 Å². The summed E-state index contributed by atoms with van der Waals surface area (Å²) < 4.78 is 61.2. The molecular weight excluding hydrogens is 519 g/mol. The topological polar surface area (TPSA) is 142 Å². The first-order chi connectivity index (χ1) is 18.3. The van der Waals surface area contributed by atoms with E-state index in [1.54, 1.807) is 0 Å². The zero-order valence-electron chi connectivity index (χ0n) is 21.2. The number of sulfonamides is 1. The molecule has 38 heavy (non-hydrogen) atoms. The van der Waals surface area contributed by atoms with Gasteiger partial charge in [-0.1, -0.05) is 12.2 Å². The van der Waals surface area contributed by atoms with Crippen molar-refractivity contribution < 1.29 is 46.7 Å². The van der Waals surface area contributed by atoms with E-state index < -0.39 is 40.8 Å². The highest BCUT2D eigenvalue weighted by Gasteiger charge is 2.44. The van der Waals surface area contributed by atoms with Crippen LogP contribution in [0.15, 0.2) is 35.2 Å². The normalized spacial score (nSPS) is 28.2. The number of nitrogens with one attached hydrogen (secondary N) is 1. The fraction of sp³-hybridized carbons (Fsp3) is 0.625. The Labute approximate surface area is 223 Å². The summed E-state index contributed by atoms with van der Waals surface area (Å²) in [7, 11) is 3.31. The van der Waals surface area contributed by atoms with Gasteiger partial charge in [0.25, 0.3) is 0 Å². The fourth-order valence-electron chi connectivity index (χ4n) is 4.40. The van der Waals surface area contributed by atoms with Crippen molar-refractivity contribution in [3.8, 4) is 11.5 Å². The molecule has 0 unspecified atom stereocenters. The predicted octanol–water partition coefficient (Wildman–Crippen LogP) is 0.384. The number of rotatable bonds is 6. The first-order valence-electron chi connectivity index (χ1n) is 12.5. The molecule has 0 saturated carbocycles. The Hall–Kier alpha value is -2.36. The van der Waals surface area contributed by atoms with Crippen molar-refractivity contribution in [3.05, 3.63) is 30.4 Å². The first-order valence-corrected chi connectivity index (χ1v) is 13.9. The molecule has 0 aliphatic carbocycles. The summed E-state index contributed by atoms with van der Waals surface area (Å²) in [6, 6.07) is 4.40. The van der Waals surface area contributed by atoms with Crippen LogP contribution < -0.4 is 14.8 Å². The van der Waals surface area contributed by atoms with E-state index in [0.717, 1.165) is 4.31 Å². The number of amides is 1. The number of alkyl carbamates (subject to hydrolysis) is 1. The minimum absolute atomic E-state index is 0.0608. The Morgan fingerprint density at radius 1 is 1.26 bits per heavy atom. The average molecular weight is 552 g/mol. The van der Waals surface area contributed by atoms with E-state index in [2.05, 4.69) is 5.32 Å². The number of carbonyl (C=O) groups is 1. The van der Waals surface area contributed by atoms with E-state index in [9.17, 15) is 18.3 Å². The number of β-amino-alcohol motifs (C(OH)–C–C–N with tert-alkyl or cyclic N) is 1. The largest absolute Gasteiger partial charge is 0.497 e. The Balaban J connectivity index is 1.45. The van der Waals surface area contributed by atoms with Crippen LogP contribution in [0.3, 0.4) is 0 Å². The van der Waals surface area contributed by atoms with Gasteiger partial charge in [0.15, 0.2) is 6.29 Å². The van der Waals surface area contributed by atoms with Crippen molar-refractivity contribution >= 4 is 24.0 Å². The van der Waals surface area contributed by atoms with Crippen molar-refractivity contribution in [1.82, 2.24) is 9.62 Å². The second-order valence-electron chi connectivity index (χ2n) is 9.07. The van der Waals surface area contributed by atoms with Gasteiger partial charge in [-0.15, -0.1) is 0 Å². The van der Waals surface area contributed by atoms with Crippen LogP contribution in [0.5, 0.6) is 11.5 Å². The fourth-order valence-corrected chi connectivity index (χ4v) is 5.96. The Bertz CT molecular complexity index is 1090. The molecule has 2 fully saturated rings. The highest BCUT2D eigenvalue weighted by molar-refractivity contribution is 7.89. The molecule has 1 amide bonds. The number of nitrogens with zero attached hydrogens (tertiary/aromatic N) is 1. The lowest BCUT2D eigenvalue weighted by atomic mass is 9.91. The van der Waals surface area contributed by atoms with E-state index in [1.807, 2.05) is 12.2 Å². The quantitative estimate of drug-likeness (QED) is 0.376. The number of carbonyl (C=O) groups excluding carboxylic acids is 1. The summed E-state index contributed by atoms with van der Waals surface area (Å²) in [5, 5.41) is 13.2. The highest BCUT2D eigenvalue weighted by Crippen LogP contribution is 2.33. The van der Waals surface area contributed by atoms with Crippen LogP contribution in [0.25, 0.3) is 0 Å². The van der Waals surface area contributed by atoms with E-state index in [-0.39, 0.29) is 49.2 Å². The lowest BCUT2D eigenvalue weighted by molar-refractivity contribution is -0.0907. The third-order valence-electron chi connectivity index (χ3n) is 6.51. The molecule has 2 radical (unpaired) electrons. The molecule has 2 saturated heterocycles. The number of hydrogen-bond donors (Lipinski definition) is 2. The maximum absolute atomic E-state index is 13.7. The molecule has 0 aromatic heterocycles. The van der Waals surface area contributed by atoms with Crippen LogP contribution in [0.2, 0.25) is 0 Å². The summed E-state index contributed by atoms with van der Waals surface area (Å²) in [5.41, 5.74) is 0. The van der Waals surface area contributed by atoms with Gasteiger partial charge in [0, 0.05) is 25.1 Å². The Morgan fingerprint density at radius 2 is 2.11 bits per heavy atom. The molecular formula is C24H33BN2O10S. The minimum Gasteiger partial charge on any atom is -0.497 e. The second-order valence-corrected chi connectivity index (χ2v) is 11.0. The molecule has 14 heteroatoms. The summed E-state index contributed by atoms with van der Waals surface area (Å²) >= 11 is 0. The third-order valence-corrected chi connectivity index (χ3v) is 8.41. The first kappa shape index (κ1) is 28.6. The monoisotopic (exact) mass is 552 g/mol. The molecule has 0 spiro atoms. The number of benzene rings is 1. The molecule has 3 aliphatic heterocycles. The molecule has 208 valence electrons. The van der Waals surface area contributed by atoms with E-state index in [4.69, 9.17) is 36.3 Å². The maximum Gasteiger partial charge on any atom is 0.407 e. The smallest absolute Gasteiger partial charge is 0.407 e. The molecule has 2 N–H and O–H groups in total. The van der Waals surface area contributed by atoms with Crippen molar-refractivity contribution in [2.24, 2.45) is 5.92 Å². The van der Waals surface area contributed by atoms with Gasteiger partial charge in [0.2, 0.25) is 10.0 Å². The minimum atomic E-state index is -4.17. The van der Waals surface area contributed by atoms with Gasteiger partial charge in [-0.3, -0.25) is 0 Å². The van der Waals surface area contributed by atoms with Gasteiger partial charge in [-0.25, -0.2) is 13.2 Å². The molecule has 4 rings (SSSR count). The standard InChI is InChI=1S/C24H33BN2O10S/c1-32-16-5-6-21-19(13-16)34-10-4-2-3-9-33-12-8-27(38(21,30)31)14-18(28)22(25)26-24(29)37-20-15-36-23-17(20)7-11-35-23/h2-3,5-6,13,17-18,20,22-23,28H,4,7-12,14-15H2,1H3,(H,26,29)/b3-2-/t17-,18+,20-,22+,23+/m0/s1. The van der Waals surface area contributed by atoms with Crippen LogP contribution in [0, 0.1) is 5.92 Å². The lowest BCUT2D eigenvalue weighted by Crippen LogP contribution is -2.51. The van der Waals surface area contributed by atoms with Gasteiger partial charge in [-0.05, 0) is 25.0 Å². The number of methoxy groups -OCH3 is 1. The number of aliphatic hydroxyl groups excluding tert-OH is 1. The van der Waals surface area contributed by atoms with Crippen molar-refractivity contribution in [1.29, 1.82) is 0 Å². The van der Waals surface area contributed by atoms with Gasteiger partial charge >= 0.3 is 6.09 Å². The SMILES string of the molecule is [B][C@H](NC(=O)O[C@H]1CO[C@H]2OCC[C@H]21)[C@H](O)CN1CCOC/C=C\CCOc2cc(OC)ccc2S1(=O)=O. The van der Waals surface area contributed by atoms with Crippen LogP contribution in [0.1, 0.15) is 12.8 Å². The van der Waals surface area contributed by atoms with E-state index in [0.29, 0.717) is 31.8 Å². The summed E-state index contributed by atoms with van der Waals surface area (Å²) in [6.07, 6.45) is 1.78. The molecule has 3 aliphatic rings. The summed E-state index contributed by atoms with van der Waals surface area (Å²) in [5.74, 6) is -0.817. The number of fused-ring (bicyclic) bond motifs is 2. The average Bonchev–Trinajstić information content (AvgIpc) is 3.51. The Morgan fingerprint density at radius 3 is 2.92 bits per heavy atom. The van der Waals surface area contributed by atoms with Crippen molar-refractivity contribution in [3.63, 3.8) is 0 Å². The number of hydrogen-bond acceptors (Lipinski definition) is 10. The van der Waals surface area contributed by atoms with E-state index in [1.165, 1.54) is 25.3 Å². The number of aliphatic hydroxyl groups is 1. The molecule has 0 bridgehead atoms. The maximum atomic E-state index is 13.7. The van der Waals surface area contributed by atoms with Crippen LogP contribution in [-0.4, -0.2) is 109 Å². The number of ether oxygens (including phenoxy) is 6. The third kappa shape index (κ3) is 6.99. The zero-order chi connectivity index (χ0) is 27.1. The van der Waals surface area contributed by atoms with Crippen molar-refractivity contribution in [2.45, 2.75) is 42.2 Å². The van der Waals surface area contributed by atoms with Crippen molar-refractivity contribution in [2.75, 3.05) is 53.2 Å². The van der Waals surface area contributed by atoms with Gasteiger partial charge in [-0.2, -0.15) is 4.31 Å². The summed E-state index contributed by atoms with van der Waals surface area (Å²) in [6.45, 7) is 0.846. The van der Waals surface area contributed by atoms with Crippen LogP contribution >= 0.6 is 0 Å². The van der Waals surface area contributed by atoms with E-state index >= 15 is 0 Å². The molecule has 1 aromatic carbocycles. The van der Waals surface area contributed by atoms with Crippen LogP contribution in [0.4, 0.5) is 4.79 Å². The molecule has 12 nitrogen and oxygen atoms in total. The lowest BCUT2D eigenvalue weighted by Gasteiger charge is -2.29. The molecule has 3 heterocycles. The highest BCUT2D eigenvalue weighted by atomic mass is 32.2. The summed E-state index contributed by atoms with van der Waals surface area (Å²) in [4.78, 5) is 12.3. The second kappa shape index (κ2) is 13.1. The Kier molecular flexibility index (Phi) is 9.90. The van der Waals surface area contributed by atoms with Gasteiger partial charge in [0.1, 0.15) is 30.3 Å².